The van der Waals surface area contributed by atoms with Crippen molar-refractivity contribution in [1.82, 2.24) is 5.32 Å². The van der Waals surface area contributed by atoms with Gasteiger partial charge >= 0.3 is 0 Å². The van der Waals surface area contributed by atoms with Gasteiger partial charge in [0.1, 0.15) is 11.5 Å². The van der Waals surface area contributed by atoms with Crippen LogP contribution in [0.2, 0.25) is 0 Å². The predicted molar refractivity (Wildman–Crippen MR) is 70.8 cm³/mol. The molecule has 0 saturated heterocycles. The molecule has 0 bridgehead atoms. The molecule has 1 unspecified atom stereocenters. The first-order chi connectivity index (χ1) is 8.80. The smallest absolute Gasteiger partial charge is 0.122 e. The number of ether oxygens (including phenoxy) is 2. The lowest BCUT2D eigenvalue weighted by Gasteiger charge is -2.11. The molecule has 18 heavy (non-hydrogen) atoms. The van der Waals surface area contributed by atoms with Crippen molar-refractivity contribution >= 4 is 0 Å². The van der Waals surface area contributed by atoms with Gasteiger partial charge in [0.15, 0.2) is 0 Å². The van der Waals surface area contributed by atoms with Crippen LogP contribution in [0.5, 0.6) is 11.5 Å². The Hall–Kier alpha value is -1.73. The summed E-state index contributed by atoms with van der Waals surface area (Å²) in [5.41, 5.74) is 0. The van der Waals surface area contributed by atoms with E-state index in [1.54, 1.807) is 0 Å². The lowest BCUT2D eigenvalue weighted by atomic mass is 10.2. The molecule has 0 aromatic heterocycles. The van der Waals surface area contributed by atoms with Crippen LogP contribution in [0.15, 0.2) is 24.3 Å². The first-order valence-electron chi connectivity index (χ1n) is 6.28. The fourth-order valence-electron chi connectivity index (χ4n) is 1.57. The average molecular weight is 248 g/mol. The van der Waals surface area contributed by atoms with E-state index < -0.39 is 0 Å². The molecule has 0 radical (unpaired) electrons. The number of nitrogens with one attached hydrogen (secondary N) is 1. The molecule has 0 saturated carbocycles. The fraction of sp³-hybridized carbons (Fsp3) is 0.500. The van der Waals surface area contributed by atoms with Gasteiger partial charge < -0.3 is 14.8 Å². The second-order valence-electron chi connectivity index (χ2n) is 3.78. The number of rotatable bonds is 8. The summed E-state index contributed by atoms with van der Waals surface area (Å²) in [6, 6.07) is 9.59. The van der Waals surface area contributed by atoms with Gasteiger partial charge in [-0.3, -0.25) is 0 Å². The Balaban J connectivity index is 2.39. The summed E-state index contributed by atoms with van der Waals surface area (Å²) in [4.78, 5) is 0. The van der Waals surface area contributed by atoms with Crippen molar-refractivity contribution in [2.45, 2.75) is 26.3 Å². The van der Waals surface area contributed by atoms with Crippen LogP contribution in [0.3, 0.4) is 0 Å². The number of nitriles is 1. The summed E-state index contributed by atoms with van der Waals surface area (Å²) >= 11 is 0. The Bertz CT molecular complexity index is 388. The zero-order valence-electron chi connectivity index (χ0n) is 11.0. The van der Waals surface area contributed by atoms with E-state index >= 15 is 0 Å². The first-order valence-corrected chi connectivity index (χ1v) is 6.28. The van der Waals surface area contributed by atoms with Gasteiger partial charge in [-0.15, -0.1) is 0 Å². The van der Waals surface area contributed by atoms with Gasteiger partial charge in [-0.1, -0.05) is 13.0 Å². The zero-order valence-corrected chi connectivity index (χ0v) is 11.0. The molecular formula is C14H20N2O2. The van der Waals surface area contributed by atoms with Gasteiger partial charge in [0, 0.05) is 12.5 Å². The van der Waals surface area contributed by atoms with Crippen molar-refractivity contribution in [3.8, 4) is 17.6 Å². The third-order valence-electron chi connectivity index (χ3n) is 2.40. The summed E-state index contributed by atoms with van der Waals surface area (Å²) in [6.07, 6.45) is 0.670. The molecule has 1 rings (SSSR count). The molecule has 4 heteroatoms. The Morgan fingerprint density at radius 1 is 1.28 bits per heavy atom. The van der Waals surface area contributed by atoms with Gasteiger partial charge in [0.2, 0.25) is 0 Å². The Morgan fingerprint density at radius 2 is 2.00 bits per heavy atom. The SMILES string of the molecule is CCNC(C#N)CCOc1cccc(OCC)c1. The summed E-state index contributed by atoms with van der Waals surface area (Å²) in [7, 11) is 0. The van der Waals surface area contributed by atoms with Crippen molar-refractivity contribution in [1.29, 1.82) is 5.26 Å². The monoisotopic (exact) mass is 248 g/mol. The largest absolute Gasteiger partial charge is 0.494 e. The summed E-state index contributed by atoms with van der Waals surface area (Å²) in [5, 5.41) is 12.0. The molecule has 0 aliphatic heterocycles. The molecule has 1 aromatic carbocycles. The van der Waals surface area contributed by atoms with Crippen LogP contribution in [0.25, 0.3) is 0 Å². The van der Waals surface area contributed by atoms with Crippen LogP contribution in [0.1, 0.15) is 20.3 Å². The van der Waals surface area contributed by atoms with Crippen LogP contribution in [-0.2, 0) is 0 Å². The van der Waals surface area contributed by atoms with Crippen LogP contribution < -0.4 is 14.8 Å². The molecule has 0 spiro atoms. The molecule has 0 amide bonds. The van der Waals surface area contributed by atoms with Crippen molar-refractivity contribution in [2.75, 3.05) is 19.8 Å². The summed E-state index contributed by atoms with van der Waals surface area (Å²) < 4.78 is 11.0. The molecule has 0 fully saturated rings. The van der Waals surface area contributed by atoms with Crippen LogP contribution >= 0.6 is 0 Å². The van der Waals surface area contributed by atoms with Gasteiger partial charge in [-0.05, 0) is 25.6 Å². The minimum absolute atomic E-state index is 0.148. The van der Waals surface area contributed by atoms with E-state index in [2.05, 4.69) is 11.4 Å². The first kappa shape index (κ1) is 14.3. The van der Waals surface area contributed by atoms with Crippen LogP contribution in [0.4, 0.5) is 0 Å². The predicted octanol–water partition coefficient (Wildman–Crippen LogP) is 2.36. The van der Waals surface area contributed by atoms with Crippen LogP contribution in [0, 0.1) is 11.3 Å². The zero-order chi connectivity index (χ0) is 13.2. The molecule has 98 valence electrons. The highest BCUT2D eigenvalue weighted by atomic mass is 16.5. The fourth-order valence-corrected chi connectivity index (χ4v) is 1.57. The molecule has 4 nitrogen and oxygen atoms in total. The van der Waals surface area contributed by atoms with E-state index in [9.17, 15) is 0 Å². The van der Waals surface area contributed by atoms with Gasteiger partial charge in [0.05, 0.1) is 25.3 Å². The molecule has 0 aliphatic carbocycles. The average Bonchev–Trinajstić information content (AvgIpc) is 2.38. The normalized spacial score (nSPS) is 11.6. The second-order valence-corrected chi connectivity index (χ2v) is 3.78. The van der Waals surface area contributed by atoms with E-state index in [1.807, 2.05) is 38.1 Å². The van der Waals surface area contributed by atoms with E-state index in [-0.39, 0.29) is 6.04 Å². The highest BCUT2D eigenvalue weighted by Crippen LogP contribution is 2.19. The van der Waals surface area contributed by atoms with E-state index in [0.29, 0.717) is 19.6 Å². The van der Waals surface area contributed by atoms with Gasteiger partial charge in [-0.25, -0.2) is 0 Å². The maximum atomic E-state index is 8.88. The number of benzene rings is 1. The van der Waals surface area contributed by atoms with E-state index in [0.717, 1.165) is 18.0 Å². The minimum Gasteiger partial charge on any atom is -0.494 e. The summed E-state index contributed by atoms with van der Waals surface area (Å²) in [6.45, 7) is 5.87. The lowest BCUT2D eigenvalue weighted by molar-refractivity contribution is 0.293. The third kappa shape index (κ3) is 5.07. The second kappa shape index (κ2) is 8.37. The van der Waals surface area contributed by atoms with E-state index in [4.69, 9.17) is 14.7 Å². The number of hydrogen-bond donors (Lipinski definition) is 1. The van der Waals surface area contributed by atoms with E-state index in [1.165, 1.54) is 0 Å². The Kier molecular flexibility index (Phi) is 6.67. The maximum absolute atomic E-state index is 8.88. The molecule has 1 N–H and O–H groups in total. The molecular weight excluding hydrogens is 228 g/mol. The molecule has 1 atom stereocenters. The topological polar surface area (TPSA) is 54.3 Å². The minimum atomic E-state index is -0.148. The van der Waals surface area contributed by atoms with Crippen molar-refractivity contribution in [3.05, 3.63) is 24.3 Å². The Morgan fingerprint density at radius 3 is 2.61 bits per heavy atom. The Labute approximate surface area is 109 Å². The number of hydrogen-bond acceptors (Lipinski definition) is 4. The molecule has 0 heterocycles. The quantitative estimate of drug-likeness (QED) is 0.767. The maximum Gasteiger partial charge on any atom is 0.122 e. The van der Waals surface area contributed by atoms with Crippen molar-refractivity contribution in [3.63, 3.8) is 0 Å². The lowest BCUT2D eigenvalue weighted by Crippen LogP contribution is -2.28. The standard InChI is InChI=1S/C14H20N2O2/c1-3-16-12(11-15)8-9-18-14-7-5-6-13(10-14)17-4-2/h5-7,10,12,16H,3-4,8-9H2,1-2H3. The van der Waals surface area contributed by atoms with Gasteiger partial charge in [-0.2, -0.15) is 5.26 Å². The highest BCUT2D eigenvalue weighted by Gasteiger charge is 2.05. The van der Waals surface area contributed by atoms with Crippen molar-refractivity contribution < 1.29 is 9.47 Å². The highest BCUT2D eigenvalue weighted by molar-refractivity contribution is 5.32. The summed E-state index contributed by atoms with van der Waals surface area (Å²) in [5.74, 6) is 1.58. The third-order valence-corrected chi connectivity index (χ3v) is 2.40. The number of nitrogens with zero attached hydrogens (tertiary/aromatic N) is 1. The molecule has 0 aliphatic rings. The molecule has 1 aromatic rings. The van der Waals surface area contributed by atoms with Gasteiger partial charge in [0.25, 0.3) is 0 Å². The van der Waals surface area contributed by atoms with Crippen molar-refractivity contribution in [2.24, 2.45) is 0 Å². The van der Waals surface area contributed by atoms with Crippen LogP contribution in [-0.4, -0.2) is 25.8 Å².